The zero-order valence-electron chi connectivity index (χ0n) is 13.7. The van der Waals surface area contributed by atoms with Crippen molar-refractivity contribution < 1.29 is 22.0 Å². The Hall–Kier alpha value is -2.32. The maximum atomic E-state index is 13.8. The molecule has 1 atom stereocenters. The van der Waals surface area contributed by atoms with Crippen LogP contribution in [0.5, 0.6) is 0 Å². The Morgan fingerprint density at radius 2 is 1.72 bits per heavy atom. The molecule has 25 heavy (non-hydrogen) atoms. The zero-order chi connectivity index (χ0) is 18.6. The van der Waals surface area contributed by atoms with E-state index in [9.17, 15) is 22.0 Å². The van der Waals surface area contributed by atoms with Crippen molar-refractivity contribution in [3.63, 3.8) is 0 Å². The van der Waals surface area contributed by atoms with Gasteiger partial charge in [-0.15, -0.1) is 0 Å². The van der Waals surface area contributed by atoms with Crippen LogP contribution in [0.3, 0.4) is 0 Å². The van der Waals surface area contributed by atoms with Crippen LogP contribution in [-0.4, -0.2) is 20.4 Å². The predicted molar refractivity (Wildman–Crippen MR) is 90.4 cm³/mol. The topological polar surface area (TPSA) is 75.3 Å². The van der Waals surface area contributed by atoms with Crippen LogP contribution >= 0.6 is 0 Å². The van der Waals surface area contributed by atoms with Crippen molar-refractivity contribution in [2.24, 2.45) is 5.92 Å². The molecule has 2 aromatic carbocycles. The third-order valence-electron chi connectivity index (χ3n) is 3.45. The summed E-state index contributed by atoms with van der Waals surface area (Å²) in [6, 6.07) is 8.94. The van der Waals surface area contributed by atoms with Crippen molar-refractivity contribution in [2.45, 2.75) is 24.8 Å². The molecule has 0 aromatic heterocycles. The molecule has 0 spiro atoms. The largest absolute Gasteiger partial charge is 0.325 e. The van der Waals surface area contributed by atoms with Crippen LogP contribution in [-0.2, 0) is 14.8 Å². The van der Waals surface area contributed by atoms with E-state index in [1.807, 2.05) is 0 Å². The SMILES string of the molecule is CC(C)[C@@H](NS(=O)(=O)c1ccccc1F)C(=O)Nc1cccc(F)c1. The molecule has 134 valence electrons. The molecule has 0 heterocycles. The van der Waals surface area contributed by atoms with E-state index < -0.39 is 44.4 Å². The molecule has 5 nitrogen and oxygen atoms in total. The lowest BCUT2D eigenvalue weighted by molar-refractivity contribution is -0.118. The Labute approximate surface area is 145 Å². The highest BCUT2D eigenvalue weighted by molar-refractivity contribution is 7.89. The summed E-state index contributed by atoms with van der Waals surface area (Å²) in [5, 5.41) is 2.45. The maximum Gasteiger partial charge on any atom is 0.244 e. The first kappa shape index (κ1) is 19.0. The van der Waals surface area contributed by atoms with E-state index in [4.69, 9.17) is 0 Å². The molecule has 0 bridgehead atoms. The van der Waals surface area contributed by atoms with Gasteiger partial charge in [-0.3, -0.25) is 4.79 Å². The molecule has 1 amide bonds. The molecule has 0 saturated carbocycles. The van der Waals surface area contributed by atoms with Crippen molar-refractivity contribution in [1.29, 1.82) is 0 Å². The first-order chi connectivity index (χ1) is 11.7. The van der Waals surface area contributed by atoms with Crippen molar-refractivity contribution in [2.75, 3.05) is 5.32 Å². The lowest BCUT2D eigenvalue weighted by Crippen LogP contribution is -2.47. The molecule has 0 aliphatic heterocycles. The van der Waals surface area contributed by atoms with E-state index in [1.165, 1.54) is 30.3 Å². The van der Waals surface area contributed by atoms with E-state index >= 15 is 0 Å². The second kappa shape index (κ2) is 7.71. The van der Waals surface area contributed by atoms with Gasteiger partial charge in [0.05, 0.1) is 0 Å². The average molecular weight is 368 g/mol. The molecular weight excluding hydrogens is 350 g/mol. The normalized spacial score (nSPS) is 12.8. The van der Waals surface area contributed by atoms with Gasteiger partial charge in [-0.1, -0.05) is 32.0 Å². The number of rotatable bonds is 6. The first-order valence-corrected chi connectivity index (χ1v) is 9.02. The summed E-state index contributed by atoms with van der Waals surface area (Å²) in [4.78, 5) is 11.9. The quantitative estimate of drug-likeness (QED) is 0.823. The monoisotopic (exact) mass is 368 g/mol. The van der Waals surface area contributed by atoms with Crippen molar-refractivity contribution in [3.05, 3.63) is 60.2 Å². The summed E-state index contributed by atoms with van der Waals surface area (Å²) in [6.07, 6.45) is 0. The van der Waals surface area contributed by atoms with Gasteiger partial charge in [0, 0.05) is 5.69 Å². The van der Waals surface area contributed by atoms with Crippen molar-refractivity contribution >= 4 is 21.6 Å². The predicted octanol–water partition coefficient (Wildman–Crippen LogP) is 2.91. The van der Waals surface area contributed by atoms with E-state index in [-0.39, 0.29) is 5.69 Å². The molecule has 2 rings (SSSR count). The second-order valence-corrected chi connectivity index (χ2v) is 7.46. The minimum absolute atomic E-state index is 0.195. The number of anilines is 1. The maximum absolute atomic E-state index is 13.8. The number of benzene rings is 2. The minimum Gasteiger partial charge on any atom is -0.325 e. The molecule has 0 saturated heterocycles. The van der Waals surface area contributed by atoms with Crippen molar-refractivity contribution in [3.8, 4) is 0 Å². The molecule has 8 heteroatoms. The van der Waals surface area contributed by atoms with Crippen LogP contribution < -0.4 is 10.0 Å². The number of nitrogens with one attached hydrogen (secondary N) is 2. The highest BCUT2D eigenvalue weighted by Gasteiger charge is 2.29. The molecular formula is C17H18F2N2O3S. The molecule has 0 aliphatic carbocycles. The van der Waals surface area contributed by atoms with Crippen LogP contribution in [0.4, 0.5) is 14.5 Å². The summed E-state index contributed by atoms with van der Waals surface area (Å²) in [6.45, 7) is 3.28. The second-order valence-electron chi connectivity index (χ2n) is 5.77. The fourth-order valence-electron chi connectivity index (χ4n) is 2.17. The number of carbonyl (C=O) groups excluding carboxylic acids is 1. The molecule has 0 aliphatic rings. The fraction of sp³-hybridized carbons (Fsp3) is 0.235. The summed E-state index contributed by atoms with van der Waals surface area (Å²) in [7, 11) is -4.24. The Morgan fingerprint density at radius 3 is 2.32 bits per heavy atom. The van der Waals surface area contributed by atoms with Gasteiger partial charge in [-0.2, -0.15) is 4.72 Å². The van der Waals surface area contributed by atoms with Crippen LogP contribution in [0.25, 0.3) is 0 Å². The molecule has 0 radical (unpaired) electrons. The lowest BCUT2D eigenvalue weighted by Gasteiger charge is -2.21. The Bertz CT molecular complexity index is 870. The summed E-state index contributed by atoms with van der Waals surface area (Å²) in [5.41, 5.74) is 0.195. The van der Waals surface area contributed by atoms with Crippen LogP contribution in [0, 0.1) is 17.6 Å². The molecule has 2 N–H and O–H groups in total. The summed E-state index contributed by atoms with van der Waals surface area (Å²) in [5.74, 6) is -2.54. The van der Waals surface area contributed by atoms with Gasteiger partial charge in [-0.25, -0.2) is 17.2 Å². The first-order valence-electron chi connectivity index (χ1n) is 7.54. The Kier molecular flexibility index (Phi) is 5.86. The van der Waals surface area contributed by atoms with Crippen LogP contribution in [0.15, 0.2) is 53.4 Å². The third-order valence-corrected chi connectivity index (χ3v) is 4.92. The smallest absolute Gasteiger partial charge is 0.244 e. The van der Waals surface area contributed by atoms with Crippen LogP contribution in [0.2, 0.25) is 0 Å². The zero-order valence-corrected chi connectivity index (χ0v) is 14.5. The van der Waals surface area contributed by atoms with E-state index in [0.717, 1.165) is 18.2 Å². The Morgan fingerprint density at radius 1 is 1.04 bits per heavy atom. The number of halogens is 2. The molecule has 2 aromatic rings. The number of hydrogen-bond donors (Lipinski definition) is 2. The lowest BCUT2D eigenvalue weighted by atomic mass is 10.0. The fourth-order valence-corrected chi connectivity index (χ4v) is 3.59. The van der Waals surface area contributed by atoms with Gasteiger partial charge >= 0.3 is 0 Å². The molecule has 0 fully saturated rings. The van der Waals surface area contributed by atoms with E-state index in [1.54, 1.807) is 13.8 Å². The van der Waals surface area contributed by atoms with Gasteiger partial charge < -0.3 is 5.32 Å². The Balaban J connectivity index is 2.23. The summed E-state index contributed by atoms with van der Waals surface area (Å²) < 4.78 is 54.0. The minimum atomic E-state index is -4.24. The van der Waals surface area contributed by atoms with Gasteiger partial charge in [0.15, 0.2) is 0 Å². The van der Waals surface area contributed by atoms with Gasteiger partial charge in [0.2, 0.25) is 15.9 Å². The van der Waals surface area contributed by atoms with Crippen LogP contribution in [0.1, 0.15) is 13.8 Å². The standard InChI is InChI=1S/C17H18F2N2O3S/c1-11(2)16(17(22)20-13-7-5-6-12(18)10-13)21-25(23,24)15-9-4-3-8-14(15)19/h3-11,16,21H,1-2H3,(H,20,22)/t16-/m1/s1. The van der Waals surface area contributed by atoms with Crippen molar-refractivity contribution in [1.82, 2.24) is 4.72 Å². The van der Waals surface area contributed by atoms with Gasteiger partial charge in [0.1, 0.15) is 22.6 Å². The number of sulfonamides is 1. The van der Waals surface area contributed by atoms with Gasteiger partial charge in [-0.05, 0) is 36.2 Å². The summed E-state index contributed by atoms with van der Waals surface area (Å²) >= 11 is 0. The highest BCUT2D eigenvalue weighted by atomic mass is 32.2. The third kappa shape index (κ3) is 4.83. The van der Waals surface area contributed by atoms with E-state index in [0.29, 0.717) is 0 Å². The molecule has 0 unspecified atom stereocenters. The number of amides is 1. The highest BCUT2D eigenvalue weighted by Crippen LogP contribution is 2.17. The van der Waals surface area contributed by atoms with Gasteiger partial charge in [0.25, 0.3) is 0 Å². The van der Waals surface area contributed by atoms with E-state index in [2.05, 4.69) is 10.0 Å². The average Bonchev–Trinajstić information content (AvgIpc) is 2.52. The number of carbonyl (C=O) groups is 1. The number of hydrogen-bond acceptors (Lipinski definition) is 3.